The lowest BCUT2D eigenvalue weighted by Gasteiger charge is -2.07. The number of imidazole rings is 1. The minimum atomic E-state index is 0.161. The molecular weight excluding hydrogens is 250 g/mol. The van der Waals surface area contributed by atoms with E-state index in [-0.39, 0.29) is 5.75 Å². The number of benzene rings is 1. The molecule has 4 heteroatoms. The van der Waals surface area contributed by atoms with Gasteiger partial charge in [0.25, 0.3) is 0 Å². The molecule has 102 valence electrons. The summed E-state index contributed by atoms with van der Waals surface area (Å²) in [6, 6.07) is 7.99. The summed E-state index contributed by atoms with van der Waals surface area (Å²) >= 11 is 0. The second-order valence-electron chi connectivity index (χ2n) is 5.01. The van der Waals surface area contributed by atoms with Crippen LogP contribution in [0, 0.1) is 6.92 Å². The lowest BCUT2D eigenvalue weighted by Crippen LogP contribution is -1.99. The first-order valence-corrected chi connectivity index (χ1v) is 6.80. The highest BCUT2D eigenvalue weighted by Gasteiger charge is 2.12. The molecule has 0 bridgehead atoms. The van der Waals surface area contributed by atoms with Gasteiger partial charge in [0.2, 0.25) is 0 Å². The average Bonchev–Trinajstić information content (AvgIpc) is 2.77. The van der Waals surface area contributed by atoms with Crippen LogP contribution in [0.1, 0.15) is 18.9 Å². The molecule has 2 aromatic heterocycles. The summed E-state index contributed by atoms with van der Waals surface area (Å²) < 4.78 is 2.19. The van der Waals surface area contributed by atoms with E-state index < -0.39 is 0 Å². The van der Waals surface area contributed by atoms with Gasteiger partial charge in [-0.15, -0.1) is 0 Å². The van der Waals surface area contributed by atoms with Crippen LogP contribution in [-0.2, 0) is 6.54 Å². The fourth-order valence-electron chi connectivity index (χ4n) is 2.46. The number of nitrogens with zero attached hydrogens (tertiary/aromatic N) is 3. The van der Waals surface area contributed by atoms with Crippen LogP contribution in [0.5, 0.6) is 5.75 Å². The summed E-state index contributed by atoms with van der Waals surface area (Å²) in [5.74, 6) is 1.02. The van der Waals surface area contributed by atoms with E-state index in [1.807, 2.05) is 0 Å². The Morgan fingerprint density at radius 3 is 2.80 bits per heavy atom. The lowest BCUT2D eigenvalue weighted by atomic mass is 10.2. The van der Waals surface area contributed by atoms with Crippen LogP contribution in [0.3, 0.4) is 0 Å². The maximum Gasteiger partial charge on any atom is 0.142 e. The average molecular weight is 267 g/mol. The van der Waals surface area contributed by atoms with Gasteiger partial charge in [0.05, 0.1) is 17.2 Å². The largest absolute Gasteiger partial charge is 0.506 e. The Bertz CT molecular complexity index is 762. The molecule has 0 atom stereocenters. The third kappa shape index (κ3) is 2.13. The minimum absolute atomic E-state index is 0.161. The zero-order chi connectivity index (χ0) is 14.1. The first-order chi connectivity index (χ1) is 9.69. The lowest BCUT2D eigenvalue weighted by molar-refractivity contribution is 0.473. The van der Waals surface area contributed by atoms with E-state index in [1.54, 1.807) is 12.3 Å². The molecule has 0 saturated heterocycles. The van der Waals surface area contributed by atoms with Crippen molar-refractivity contribution in [3.8, 4) is 17.1 Å². The van der Waals surface area contributed by atoms with Gasteiger partial charge in [-0.05, 0) is 37.1 Å². The van der Waals surface area contributed by atoms with Gasteiger partial charge in [-0.2, -0.15) is 0 Å². The monoisotopic (exact) mass is 267 g/mol. The van der Waals surface area contributed by atoms with E-state index in [4.69, 9.17) is 4.98 Å². The Morgan fingerprint density at radius 2 is 2.05 bits per heavy atom. The van der Waals surface area contributed by atoms with Crippen LogP contribution in [0.15, 0.2) is 36.7 Å². The molecule has 1 N–H and O–H groups in total. The summed E-state index contributed by atoms with van der Waals surface area (Å²) in [5.41, 5.74) is 4.14. The highest BCUT2D eigenvalue weighted by Crippen LogP contribution is 2.27. The van der Waals surface area contributed by atoms with Gasteiger partial charge in [0.15, 0.2) is 0 Å². The maximum atomic E-state index is 9.61. The van der Waals surface area contributed by atoms with Crippen LogP contribution in [-0.4, -0.2) is 19.6 Å². The molecule has 3 aromatic rings. The smallest absolute Gasteiger partial charge is 0.142 e. The molecular formula is C16H17N3O. The maximum absolute atomic E-state index is 9.61. The molecule has 4 nitrogen and oxygen atoms in total. The van der Waals surface area contributed by atoms with Crippen molar-refractivity contribution < 1.29 is 5.11 Å². The first-order valence-electron chi connectivity index (χ1n) is 6.80. The van der Waals surface area contributed by atoms with Gasteiger partial charge in [-0.1, -0.05) is 13.0 Å². The van der Waals surface area contributed by atoms with Crippen molar-refractivity contribution in [2.24, 2.45) is 0 Å². The second kappa shape index (κ2) is 4.96. The zero-order valence-corrected chi connectivity index (χ0v) is 11.7. The molecule has 3 rings (SSSR count). The molecule has 0 aliphatic carbocycles. The molecule has 0 amide bonds. The first kappa shape index (κ1) is 12.7. The van der Waals surface area contributed by atoms with Crippen molar-refractivity contribution in [1.29, 1.82) is 0 Å². The van der Waals surface area contributed by atoms with Crippen LogP contribution in [0.4, 0.5) is 0 Å². The quantitative estimate of drug-likeness (QED) is 0.790. The van der Waals surface area contributed by atoms with E-state index in [0.717, 1.165) is 35.4 Å². The highest BCUT2D eigenvalue weighted by atomic mass is 16.3. The van der Waals surface area contributed by atoms with E-state index in [0.29, 0.717) is 0 Å². The normalized spacial score (nSPS) is 11.1. The predicted molar refractivity (Wildman–Crippen MR) is 79.7 cm³/mol. The highest BCUT2D eigenvalue weighted by molar-refractivity contribution is 5.81. The number of aromatic nitrogens is 3. The summed E-state index contributed by atoms with van der Waals surface area (Å²) in [4.78, 5) is 8.76. The molecule has 20 heavy (non-hydrogen) atoms. The van der Waals surface area contributed by atoms with Crippen molar-refractivity contribution in [2.75, 3.05) is 0 Å². The Hall–Kier alpha value is -2.36. The van der Waals surface area contributed by atoms with Crippen LogP contribution >= 0.6 is 0 Å². The summed E-state index contributed by atoms with van der Waals surface area (Å²) in [6.45, 7) is 5.10. The molecule has 0 radical (unpaired) electrons. The molecule has 0 aliphatic heterocycles. The number of rotatable bonds is 3. The van der Waals surface area contributed by atoms with E-state index in [1.165, 1.54) is 11.8 Å². The number of aromatic hydroxyl groups is 1. The molecule has 2 heterocycles. The summed E-state index contributed by atoms with van der Waals surface area (Å²) in [6.07, 6.45) is 4.19. The minimum Gasteiger partial charge on any atom is -0.506 e. The second-order valence-corrected chi connectivity index (χ2v) is 5.01. The van der Waals surface area contributed by atoms with Gasteiger partial charge >= 0.3 is 0 Å². The van der Waals surface area contributed by atoms with E-state index in [2.05, 4.69) is 41.6 Å². The Balaban J connectivity index is 2.25. The Morgan fingerprint density at radius 1 is 1.20 bits per heavy atom. The van der Waals surface area contributed by atoms with E-state index in [9.17, 15) is 5.11 Å². The fourth-order valence-corrected chi connectivity index (χ4v) is 2.46. The molecule has 1 aromatic carbocycles. The topological polar surface area (TPSA) is 50.9 Å². The standard InChI is InChI=1S/C16H17N3O/c1-3-6-19-15-5-4-11(2)7-14(15)18-16(19)12-8-13(20)10-17-9-12/h4-5,7-10,20H,3,6H2,1-2H3. The van der Waals surface area contributed by atoms with Gasteiger partial charge < -0.3 is 9.67 Å². The molecule has 0 fully saturated rings. The summed E-state index contributed by atoms with van der Waals surface area (Å²) in [7, 11) is 0. The van der Waals surface area contributed by atoms with Crippen molar-refractivity contribution in [2.45, 2.75) is 26.8 Å². The SMILES string of the molecule is CCCn1c(-c2cncc(O)c2)nc2cc(C)ccc21. The summed E-state index contributed by atoms with van der Waals surface area (Å²) in [5, 5.41) is 9.61. The Kier molecular flexibility index (Phi) is 3.14. The van der Waals surface area contributed by atoms with Crippen molar-refractivity contribution in [3.63, 3.8) is 0 Å². The molecule has 0 aliphatic rings. The Labute approximate surface area is 117 Å². The number of pyridine rings is 1. The van der Waals surface area contributed by atoms with Gasteiger partial charge in [0.1, 0.15) is 11.6 Å². The van der Waals surface area contributed by atoms with Crippen LogP contribution < -0.4 is 0 Å². The van der Waals surface area contributed by atoms with Crippen LogP contribution in [0.25, 0.3) is 22.4 Å². The third-order valence-electron chi connectivity index (χ3n) is 3.33. The third-order valence-corrected chi connectivity index (χ3v) is 3.33. The molecule has 0 unspecified atom stereocenters. The number of fused-ring (bicyclic) bond motifs is 1. The van der Waals surface area contributed by atoms with Gasteiger partial charge in [-0.3, -0.25) is 4.98 Å². The fraction of sp³-hybridized carbons (Fsp3) is 0.250. The number of hydrogen-bond donors (Lipinski definition) is 1. The number of aryl methyl sites for hydroxylation is 2. The predicted octanol–water partition coefficient (Wildman–Crippen LogP) is 3.52. The van der Waals surface area contributed by atoms with Crippen LogP contribution in [0.2, 0.25) is 0 Å². The molecule has 0 saturated carbocycles. The van der Waals surface area contributed by atoms with Crippen molar-refractivity contribution in [1.82, 2.24) is 14.5 Å². The zero-order valence-electron chi connectivity index (χ0n) is 11.7. The van der Waals surface area contributed by atoms with Gasteiger partial charge in [0, 0.05) is 18.3 Å². The molecule has 0 spiro atoms. The van der Waals surface area contributed by atoms with Gasteiger partial charge in [-0.25, -0.2) is 4.98 Å². The van der Waals surface area contributed by atoms with Crippen molar-refractivity contribution >= 4 is 11.0 Å². The number of hydrogen-bond acceptors (Lipinski definition) is 3. The van der Waals surface area contributed by atoms with Crippen molar-refractivity contribution in [3.05, 3.63) is 42.2 Å². The van der Waals surface area contributed by atoms with E-state index >= 15 is 0 Å².